The van der Waals surface area contributed by atoms with Crippen molar-refractivity contribution in [3.63, 3.8) is 0 Å². The lowest BCUT2D eigenvalue weighted by molar-refractivity contribution is -0.119. The molecule has 0 unspecified atom stereocenters. The number of anilines is 1. The number of carbonyl (C=O) groups excluding carboxylic acids is 1. The summed E-state index contributed by atoms with van der Waals surface area (Å²) < 4.78 is 27.1. The molecule has 0 atom stereocenters. The van der Waals surface area contributed by atoms with Crippen molar-refractivity contribution in [1.29, 1.82) is 0 Å². The van der Waals surface area contributed by atoms with Gasteiger partial charge in [-0.2, -0.15) is 0 Å². The molecule has 0 heterocycles. The molecule has 25 heavy (non-hydrogen) atoms. The average Bonchev–Trinajstić information content (AvgIpc) is 2.61. The fraction of sp³-hybridized carbons (Fsp3) is 0.316. The number of hydrogen-bond donors (Lipinski definition) is 1. The topological polar surface area (TPSA) is 66.5 Å². The van der Waals surface area contributed by atoms with Crippen molar-refractivity contribution in [2.24, 2.45) is 5.92 Å². The Labute approximate surface area is 149 Å². The first-order valence-corrected chi connectivity index (χ1v) is 9.75. The quantitative estimate of drug-likeness (QED) is 0.787. The normalized spacial score (nSPS) is 11.3. The molecular formula is C19H24N2O3S. The molecule has 0 spiro atoms. The molecule has 0 saturated heterocycles. The molecule has 0 aromatic heterocycles. The van der Waals surface area contributed by atoms with E-state index in [2.05, 4.69) is 19.2 Å². The predicted octanol–water partition coefficient (Wildman–Crippen LogP) is 3.04. The number of sulfonamides is 1. The summed E-state index contributed by atoms with van der Waals surface area (Å²) >= 11 is 0. The van der Waals surface area contributed by atoms with Gasteiger partial charge in [0.2, 0.25) is 5.91 Å². The van der Waals surface area contributed by atoms with Gasteiger partial charge in [-0.3, -0.25) is 9.10 Å². The van der Waals surface area contributed by atoms with Gasteiger partial charge in [-0.15, -0.1) is 0 Å². The molecule has 0 aliphatic carbocycles. The lowest BCUT2D eigenvalue weighted by atomic mass is 10.1. The third kappa shape index (κ3) is 5.32. The summed E-state index contributed by atoms with van der Waals surface area (Å²) in [4.78, 5) is 12.4. The van der Waals surface area contributed by atoms with E-state index in [0.29, 0.717) is 18.2 Å². The fourth-order valence-corrected chi connectivity index (χ4v) is 3.76. The van der Waals surface area contributed by atoms with E-state index in [1.807, 2.05) is 0 Å². The number of amides is 1. The Bertz CT molecular complexity index is 775. The van der Waals surface area contributed by atoms with Gasteiger partial charge in [0.1, 0.15) is 6.54 Å². The Hall–Kier alpha value is -2.34. The third-order valence-corrected chi connectivity index (χ3v) is 5.49. The Morgan fingerprint density at radius 3 is 2.12 bits per heavy atom. The lowest BCUT2D eigenvalue weighted by Gasteiger charge is -2.24. The highest BCUT2D eigenvalue weighted by Crippen LogP contribution is 2.23. The molecule has 0 aliphatic rings. The maximum absolute atomic E-state index is 13.0. The van der Waals surface area contributed by atoms with Gasteiger partial charge in [0, 0.05) is 6.54 Å². The maximum Gasteiger partial charge on any atom is 0.264 e. The summed E-state index contributed by atoms with van der Waals surface area (Å²) in [6, 6.07) is 16.8. The first-order chi connectivity index (χ1) is 11.9. The lowest BCUT2D eigenvalue weighted by Crippen LogP contribution is -2.41. The van der Waals surface area contributed by atoms with E-state index < -0.39 is 10.0 Å². The number of nitrogens with zero attached hydrogens (tertiary/aromatic N) is 1. The summed E-state index contributed by atoms with van der Waals surface area (Å²) in [6.07, 6.45) is 0.850. The van der Waals surface area contributed by atoms with Crippen molar-refractivity contribution in [1.82, 2.24) is 5.32 Å². The van der Waals surface area contributed by atoms with Gasteiger partial charge in [-0.1, -0.05) is 50.2 Å². The van der Waals surface area contributed by atoms with Gasteiger partial charge in [0.05, 0.1) is 10.6 Å². The number of hydrogen-bond acceptors (Lipinski definition) is 3. The van der Waals surface area contributed by atoms with Crippen molar-refractivity contribution < 1.29 is 13.2 Å². The number of nitrogens with one attached hydrogen (secondary N) is 1. The van der Waals surface area contributed by atoms with Crippen LogP contribution < -0.4 is 9.62 Å². The van der Waals surface area contributed by atoms with Crippen molar-refractivity contribution >= 4 is 21.6 Å². The Morgan fingerprint density at radius 2 is 1.56 bits per heavy atom. The number of benzene rings is 2. The number of carbonyl (C=O) groups is 1. The molecule has 2 rings (SSSR count). The van der Waals surface area contributed by atoms with Crippen LogP contribution in [0.25, 0.3) is 0 Å². The van der Waals surface area contributed by atoms with Gasteiger partial charge >= 0.3 is 0 Å². The van der Waals surface area contributed by atoms with Crippen molar-refractivity contribution in [3.8, 4) is 0 Å². The van der Waals surface area contributed by atoms with Crippen molar-refractivity contribution in [2.75, 3.05) is 17.4 Å². The molecule has 1 amide bonds. The van der Waals surface area contributed by atoms with Crippen LogP contribution in [0, 0.1) is 5.92 Å². The van der Waals surface area contributed by atoms with E-state index in [1.54, 1.807) is 48.5 Å². The molecule has 0 aliphatic heterocycles. The third-order valence-electron chi connectivity index (χ3n) is 3.71. The predicted molar refractivity (Wildman–Crippen MR) is 99.9 cm³/mol. The standard InChI is InChI=1S/C19H24N2O3S/c1-16(2)13-14-20-19(22)15-21(17-9-5-3-6-10-17)25(23,24)18-11-7-4-8-12-18/h3-12,16H,13-15H2,1-2H3,(H,20,22). The second-order valence-electron chi connectivity index (χ2n) is 6.19. The van der Waals surface area contributed by atoms with Crippen LogP contribution in [-0.2, 0) is 14.8 Å². The first-order valence-electron chi connectivity index (χ1n) is 8.31. The minimum absolute atomic E-state index is 0.161. The molecule has 0 radical (unpaired) electrons. The van der Waals surface area contributed by atoms with Gasteiger partial charge < -0.3 is 5.32 Å². The van der Waals surface area contributed by atoms with Crippen LogP contribution in [0.5, 0.6) is 0 Å². The molecule has 134 valence electrons. The van der Waals surface area contributed by atoms with Gasteiger partial charge in [0.15, 0.2) is 0 Å². The maximum atomic E-state index is 13.0. The van der Waals surface area contributed by atoms with Crippen LogP contribution in [0.1, 0.15) is 20.3 Å². The fourth-order valence-electron chi connectivity index (χ4n) is 2.32. The molecule has 1 N–H and O–H groups in total. The molecule has 5 nitrogen and oxygen atoms in total. The minimum atomic E-state index is -3.82. The zero-order chi connectivity index (χ0) is 18.3. The van der Waals surface area contributed by atoms with Gasteiger partial charge in [0.25, 0.3) is 10.0 Å². The van der Waals surface area contributed by atoms with E-state index >= 15 is 0 Å². The molecule has 2 aromatic carbocycles. The highest BCUT2D eigenvalue weighted by molar-refractivity contribution is 7.92. The van der Waals surface area contributed by atoms with Crippen molar-refractivity contribution in [2.45, 2.75) is 25.2 Å². The molecule has 0 fully saturated rings. The Morgan fingerprint density at radius 1 is 1.00 bits per heavy atom. The smallest absolute Gasteiger partial charge is 0.264 e. The highest BCUT2D eigenvalue weighted by Gasteiger charge is 2.26. The summed E-state index contributed by atoms with van der Waals surface area (Å²) in [6.45, 7) is 4.43. The van der Waals surface area contributed by atoms with Crippen LogP contribution in [0.2, 0.25) is 0 Å². The summed E-state index contributed by atoms with van der Waals surface area (Å²) in [5, 5.41) is 2.79. The molecule has 2 aromatic rings. The van der Waals surface area contributed by atoms with Crippen LogP contribution in [0.15, 0.2) is 65.6 Å². The second-order valence-corrected chi connectivity index (χ2v) is 8.06. The zero-order valence-electron chi connectivity index (χ0n) is 14.6. The Balaban J connectivity index is 2.24. The van der Waals surface area contributed by atoms with Crippen LogP contribution >= 0.6 is 0 Å². The van der Waals surface area contributed by atoms with E-state index in [4.69, 9.17) is 0 Å². The monoisotopic (exact) mass is 360 g/mol. The highest BCUT2D eigenvalue weighted by atomic mass is 32.2. The Kier molecular flexibility index (Phi) is 6.58. The van der Waals surface area contributed by atoms with Crippen LogP contribution in [-0.4, -0.2) is 27.4 Å². The largest absolute Gasteiger partial charge is 0.355 e. The SMILES string of the molecule is CC(C)CCNC(=O)CN(c1ccccc1)S(=O)(=O)c1ccccc1. The van der Waals surface area contributed by atoms with Gasteiger partial charge in [-0.25, -0.2) is 8.42 Å². The van der Waals surface area contributed by atoms with E-state index in [1.165, 1.54) is 12.1 Å². The first kappa shape index (κ1) is 19.0. The van der Waals surface area contributed by atoms with Crippen molar-refractivity contribution in [3.05, 3.63) is 60.7 Å². The van der Waals surface area contributed by atoms with Crippen LogP contribution in [0.4, 0.5) is 5.69 Å². The van der Waals surface area contributed by atoms with Crippen LogP contribution in [0.3, 0.4) is 0 Å². The summed E-state index contributed by atoms with van der Waals surface area (Å²) in [5.74, 6) is 0.155. The molecular weight excluding hydrogens is 336 g/mol. The summed E-state index contributed by atoms with van der Waals surface area (Å²) in [5.41, 5.74) is 0.463. The average molecular weight is 360 g/mol. The van der Waals surface area contributed by atoms with E-state index in [-0.39, 0.29) is 17.3 Å². The van der Waals surface area contributed by atoms with E-state index in [9.17, 15) is 13.2 Å². The van der Waals surface area contributed by atoms with E-state index in [0.717, 1.165) is 10.7 Å². The number of para-hydroxylation sites is 1. The minimum Gasteiger partial charge on any atom is -0.355 e. The molecule has 0 saturated carbocycles. The molecule has 6 heteroatoms. The zero-order valence-corrected chi connectivity index (χ0v) is 15.4. The summed E-state index contributed by atoms with van der Waals surface area (Å²) in [7, 11) is -3.82. The number of rotatable bonds is 8. The second kappa shape index (κ2) is 8.67. The molecule has 0 bridgehead atoms. The van der Waals surface area contributed by atoms with Gasteiger partial charge in [-0.05, 0) is 36.6 Å².